The number of phenolic OH excluding ortho intramolecular Hbond substituents is 1. The number of thioether (sulfide) groups is 1. The van der Waals surface area contributed by atoms with E-state index in [9.17, 15) is 19.8 Å². The van der Waals surface area contributed by atoms with Crippen molar-refractivity contribution in [2.24, 2.45) is 4.99 Å². The number of hydrogen-bond donors (Lipinski definition) is 2. The van der Waals surface area contributed by atoms with E-state index >= 15 is 0 Å². The largest absolute Gasteiger partial charge is 0.507 e. The van der Waals surface area contributed by atoms with Crippen LogP contribution in [-0.2, 0) is 20.4 Å². The number of carbonyl (C=O) groups is 2. The summed E-state index contributed by atoms with van der Waals surface area (Å²) in [5.74, 6) is -1.11. The second-order valence-electron chi connectivity index (χ2n) is 11.6. The molecule has 1 atom stereocenters. The van der Waals surface area contributed by atoms with Crippen molar-refractivity contribution in [2.75, 3.05) is 4.90 Å². The van der Waals surface area contributed by atoms with Gasteiger partial charge in [0.2, 0.25) is 0 Å². The third kappa shape index (κ3) is 6.09. The molecule has 0 aromatic heterocycles. The molecule has 0 aliphatic carbocycles. The van der Waals surface area contributed by atoms with Crippen LogP contribution in [0.4, 0.5) is 5.69 Å². The zero-order valence-corrected chi connectivity index (χ0v) is 23.9. The Bertz CT molecular complexity index is 1410. The van der Waals surface area contributed by atoms with Gasteiger partial charge in [-0.1, -0.05) is 102 Å². The van der Waals surface area contributed by atoms with Crippen molar-refractivity contribution in [3.8, 4) is 5.75 Å². The van der Waals surface area contributed by atoms with E-state index in [0.717, 1.165) is 28.5 Å². The summed E-state index contributed by atoms with van der Waals surface area (Å²) >= 11 is 1.03. The van der Waals surface area contributed by atoms with E-state index in [-0.39, 0.29) is 28.2 Å². The summed E-state index contributed by atoms with van der Waals surface area (Å²) < 4.78 is 0. The summed E-state index contributed by atoms with van der Waals surface area (Å²) in [7, 11) is 0. The zero-order valence-electron chi connectivity index (χ0n) is 23.1. The first kappa shape index (κ1) is 28.2. The van der Waals surface area contributed by atoms with Crippen LogP contribution < -0.4 is 4.90 Å². The van der Waals surface area contributed by atoms with Crippen molar-refractivity contribution in [1.82, 2.24) is 0 Å². The van der Waals surface area contributed by atoms with Gasteiger partial charge >= 0.3 is 5.97 Å². The number of aliphatic carboxylic acids is 1. The molecule has 0 spiro atoms. The first-order valence-electron chi connectivity index (χ1n) is 12.8. The fraction of sp³-hybridized carbons (Fsp3) is 0.281. The van der Waals surface area contributed by atoms with Gasteiger partial charge in [0.25, 0.3) is 5.91 Å². The first-order valence-corrected chi connectivity index (χ1v) is 13.7. The fourth-order valence-corrected chi connectivity index (χ4v) is 5.47. The average molecular weight is 543 g/mol. The van der Waals surface area contributed by atoms with Gasteiger partial charge in [-0.25, -0.2) is 4.99 Å². The molecule has 202 valence electrons. The Kier molecular flexibility index (Phi) is 7.75. The highest BCUT2D eigenvalue weighted by Crippen LogP contribution is 2.41. The number of nitrogens with zero attached hydrogens (tertiary/aromatic N) is 2. The molecule has 0 saturated heterocycles. The maximum Gasteiger partial charge on any atom is 0.321 e. The number of carboxylic acid groups (broad SMARTS) is 1. The molecule has 6 nitrogen and oxygen atoms in total. The minimum Gasteiger partial charge on any atom is -0.507 e. The van der Waals surface area contributed by atoms with Crippen molar-refractivity contribution in [2.45, 2.75) is 57.6 Å². The zero-order chi connectivity index (χ0) is 28.5. The normalized spacial score (nSPS) is 15.9. The number of amides is 1. The summed E-state index contributed by atoms with van der Waals surface area (Å²) in [5.41, 5.74) is 3.05. The number of aromatic hydroxyl groups is 1. The van der Waals surface area contributed by atoms with Gasteiger partial charge in [-0.05, 0) is 52.3 Å². The summed E-state index contributed by atoms with van der Waals surface area (Å²) in [6, 6.07) is 21.8. The lowest BCUT2D eigenvalue weighted by Gasteiger charge is -2.28. The predicted molar refractivity (Wildman–Crippen MR) is 159 cm³/mol. The van der Waals surface area contributed by atoms with Crippen molar-refractivity contribution < 1.29 is 19.8 Å². The topological polar surface area (TPSA) is 90.2 Å². The lowest BCUT2D eigenvalue weighted by Crippen LogP contribution is -2.31. The molecule has 1 amide bonds. The molecule has 0 saturated carbocycles. The fourth-order valence-electron chi connectivity index (χ4n) is 4.42. The van der Waals surface area contributed by atoms with Gasteiger partial charge in [-0.15, -0.1) is 0 Å². The Morgan fingerprint density at radius 3 is 1.90 bits per heavy atom. The summed E-state index contributed by atoms with van der Waals surface area (Å²) in [4.78, 5) is 32.2. The van der Waals surface area contributed by atoms with E-state index in [1.165, 1.54) is 4.90 Å². The maximum atomic E-state index is 13.8. The highest BCUT2D eigenvalue weighted by Gasteiger charge is 2.36. The second-order valence-corrected chi connectivity index (χ2v) is 12.7. The van der Waals surface area contributed by atoms with Gasteiger partial charge in [0, 0.05) is 11.1 Å². The molecule has 7 heteroatoms. The van der Waals surface area contributed by atoms with Crippen LogP contribution in [0.5, 0.6) is 5.75 Å². The predicted octanol–water partition coefficient (Wildman–Crippen LogP) is 7.29. The number of anilines is 1. The third-order valence-electron chi connectivity index (χ3n) is 6.45. The van der Waals surface area contributed by atoms with Gasteiger partial charge in [0.05, 0.1) is 5.69 Å². The number of benzene rings is 3. The Morgan fingerprint density at radius 2 is 1.41 bits per heavy atom. The number of amidine groups is 1. The SMILES string of the molecule is CC(C)(C)c1cc(/C=C2/N=C(SC(C(=O)O)c3ccccc3)N(c3ccccc3)C2=O)cc(C(C)(C)C)c1O. The highest BCUT2D eigenvalue weighted by molar-refractivity contribution is 8.15. The molecular formula is C32H34N2O4S. The highest BCUT2D eigenvalue weighted by atomic mass is 32.2. The molecular weight excluding hydrogens is 508 g/mol. The van der Waals surface area contributed by atoms with Crippen molar-refractivity contribution in [3.05, 3.63) is 101 Å². The third-order valence-corrected chi connectivity index (χ3v) is 7.64. The minimum atomic E-state index is -1.02. The molecule has 0 bridgehead atoms. The number of aliphatic imine (C=N–C) groups is 1. The first-order chi connectivity index (χ1) is 18.3. The van der Waals surface area contributed by atoms with E-state index in [2.05, 4.69) is 4.99 Å². The van der Waals surface area contributed by atoms with Crippen LogP contribution in [0.15, 0.2) is 83.5 Å². The molecule has 3 aromatic rings. The lowest BCUT2D eigenvalue weighted by atomic mass is 9.78. The lowest BCUT2D eigenvalue weighted by molar-refractivity contribution is -0.136. The number of phenols is 1. The maximum absolute atomic E-state index is 13.8. The Hall–Kier alpha value is -3.84. The summed E-state index contributed by atoms with van der Waals surface area (Å²) in [6.07, 6.45) is 1.72. The van der Waals surface area contributed by atoms with E-state index in [1.54, 1.807) is 42.5 Å². The summed E-state index contributed by atoms with van der Waals surface area (Å²) in [5, 5.41) is 20.5. The Morgan fingerprint density at radius 1 is 0.897 bits per heavy atom. The van der Waals surface area contributed by atoms with Crippen molar-refractivity contribution in [1.29, 1.82) is 0 Å². The molecule has 2 N–H and O–H groups in total. The van der Waals surface area contributed by atoms with E-state index in [1.807, 2.05) is 77.9 Å². The number of hydrogen-bond acceptors (Lipinski definition) is 5. The van der Waals surface area contributed by atoms with E-state index in [0.29, 0.717) is 16.4 Å². The number of rotatable bonds is 5. The molecule has 0 fully saturated rings. The summed E-state index contributed by atoms with van der Waals surface area (Å²) in [6.45, 7) is 12.2. The number of para-hydroxylation sites is 1. The Labute approximate surface area is 234 Å². The van der Waals surface area contributed by atoms with Crippen LogP contribution >= 0.6 is 11.8 Å². The van der Waals surface area contributed by atoms with Crippen LogP contribution in [0, 0.1) is 0 Å². The van der Waals surface area contributed by atoms with E-state index in [4.69, 9.17) is 0 Å². The van der Waals surface area contributed by atoms with Gasteiger partial charge in [-0.3, -0.25) is 14.5 Å². The minimum absolute atomic E-state index is 0.198. The molecule has 0 radical (unpaired) electrons. The van der Waals surface area contributed by atoms with Crippen molar-refractivity contribution >= 4 is 40.6 Å². The average Bonchev–Trinajstić information content (AvgIpc) is 3.17. The van der Waals surface area contributed by atoms with Crippen LogP contribution in [-0.4, -0.2) is 27.3 Å². The molecule has 3 aromatic carbocycles. The quantitative estimate of drug-likeness (QED) is 0.331. The molecule has 1 aliphatic rings. The standard InChI is InChI=1S/C32H34N2O4S/c1-31(2,3)23-17-20(18-24(26(23)35)32(4,5)6)19-25-28(36)34(22-15-11-8-12-16-22)30(33-25)39-27(29(37)38)21-13-9-7-10-14-21/h7-19,27,35H,1-6H3,(H,37,38)/b25-19+. The van der Waals surface area contributed by atoms with Crippen LogP contribution in [0.25, 0.3) is 6.08 Å². The van der Waals surface area contributed by atoms with E-state index < -0.39 is 11.2 Å². The van der Waals surface area contributed by atoms with Gasteiger partial charge < -0.3 is 10.2 Å². The second kappa shape index (κ2) is 10.7. The van der Waals surface area contributed by atoms with Crippen LogP contribution in [0.2, 0.25) is 0 Å². The molecule has 1 heterocycles. The van der Waals surface area contributed by atoms with Gasteiger partial charge in [-0.2, -0.15) is 0 Å². The number of carboxylic acids is 1. The molecule has 1 aliphatic heterocycles. The Balaban J connectivity index is 1.85. The van der Waals surface area contributed by atoms with Crippen molar-refractivity contribution in [3.63, 3.8) is 0 Å². The number of carbonyl (C=O) groups excluding carboxylic acids is 1. The molecule has 4 rings (SSSR count). The van der Waals surface area contributed by atoms with Gasteiger partial charge in [0.15, 0.2) is 5.17 Å². The molecule has 39 heavy (non-hydrogen) atoms. The smallest absolute Gasteiger partial charge is 0.321 e. The molecule has 1 unspecified atom stereocenters. The van der Waals surface area contributed by atoms with Crippen LogP contribution in [0.3, 0.4) is 0 Å². The van der Waals surface area contributed by atoms with Crippen LogP contribution in [0.1, 0.15) is 69.0 Å². The monoisotopic (exact) mass is 542 g/mol. The van der Waals surface area contributed by atoms with Gasteiger partial charge in [0.1, 0.15) is 16.7 Å².